The number of carbonyl (C=O) groups excluding carboxylic acids is 1. The Balaban J connectivity index is 1.44. The van der Waals surface area contributed by atoms with Gasteiger partial charge in [0, 0.05) is 79.4 Å². The first-order valence-electron chi connectivity index (χ1n) is 12.6. The highest BCUT2D eigenvalue weighted by molar-refractivity contribution is 6.01. The Labute approximate surface area is 223 Å². The van der Waals surface area contributed by atoms with Crippen molar-refractivity contribution in [3.05, 3.63) is 66.5 Å². The molecule has 1 saturated heterocycles. The van der Waals surface area contributed by atoms with E-state index in [4.69, 9.17) is 5.73 Å². The highest BCUT2D eigenvalue weighted by Gasteiger charge is 2.32. The van der Waals surface area contributed by atoms with Crippen LogP contribution in [0.1, 0.15) is 10.4 Å². The number of nitrogen functional groups attached to an aromatic ring is 1. The number of likely N-dealkylation sites (N-methyl/N-ethyl adjacent to an activating group) is 1. The molecule has 204 valence electrons. The Morgan fingerprint density at radius 3 is 2.59 bits per heavy atom. The molecule has 39 heavy (non-hydrogen) atoms. The summed E-state index contributed by atoms with van der Waals surface area (Å²) in [6.07, 6.45) is -1.56. The van der Waals surface area contributed by atoms with Crippen LogP contribution in [0.4, 0.5) is 18.9 Å². The van der Waals surface area contributed by atoms with Crippen molar-refractivity contribution in [1.82, 2.24) is 25.1 Å². The van der Waals surface area contributed by atoms with Crippen LogP contribution in [0.15, 0.2) is 60.9 Å². The maximum Gasteiger partial charge on any atom is 0.573 e. The number of ether oxygens (including phenoxy) is 1. The molecule has 0 radical (unpaired) electrons. The number of para-hydroxylation sites is 1. The molecule has 0 aliphatic carbocycles. The van der Waals surface area contributed by atoms with Crippen LogP contribution in [0.3, 0.4) is 0 Å². The predicted molar refractivity (Wildman–Crippen MR) is 144 cm³/mol. The molecule has 0 atom stereocenters. The van der Waals surface area contributed by atoms with E-state index in [0.29, 0.717) is 46.5 Å². The normalized spacial score (nSPS) is 14.6. The molecule has 1 aliphatic rings. The van der Waals surface area contributed by atoms with Crippen LogP contribution in [0.25, 0.3) is 33.3 Å². The smallest absolute Gasteiger partial charge is 0.405 e. The third kappa shape index (κ3) is 5.84. The summed E-state index contributed by atoms with van der Waals surface area (Å²) >= 11 is 0. The van der Waals surface area contributed by atoms with E-state index < -0.39 is 6.36 Å². The number of amides is 1. The summed E-state index contributed by atoms with van der Waals surface area (Å²) in [5.41, 5.74) is 9.74. The summed E-state index contributed by atoms with van der Waals surface area (Å²) in [5.74, 6) is -0.431. The number of nitrogens with two attached hydrogens (primary N) is 1. The molecule has 0 unspecified atom stereocenters. The fraction of sp³-hybridized carbons (Fsp3) is 0.286. The van der Waals surface area contributed by atoms with Crippen molar-refractivity contribution in [3.8, 4) is 28.0 Å². The molecule has 8 nitrogen and oxygen atoms in total. The summed E-state index contributed by atoms with van der Waals surface area (Å²) in [4.78, 5) is 25.0. The van der Waals surface area contributed by atoms with Crippen LogP contribution in [-0.4, -0.2) is 78.4 Å². The summed E-state index contributed by atoms with van der Waals surface area (Å²) in [6.45, 7) is 4.65. The van der Waals surface area contributed by atoms with E-state index in [-0.39, 0.29) is 17.2 Å². The van der Waals surface area contributed by atoms with Crippen molar-refractivity contribution < 1.29 is 22.7 Å². The van der Waals surface area contributed by atoms with Crippen LogP contribution < -0.4 is 15.8 Å². The van der Waals surface area contributed by atoms with Crippen molar-refractivity contribution in [2.45, 2.75) is 6.36 Å². The summed E-state index contributed by atoms with van der Waals surface area (Å²) in [7, 11) is 1.92. The average Bonchev–Trinajstić information content (AvgIpc) is 3.35. The van der Waals surface area contributed by atoms with Crippen LogP contribution >= 0.6 is 0 Å². The first kappa shape index (κ1) is 26.5. The lowest BCUT2D eigenvalue weighted by Crippen LogP contribution is -2.50. The van der Waals surface area contributed by atoms with E-state index in [1.165, 1.54) is 12.1 Å². The fourth-order valence-corrected chi connectivity index (χ4v) is 4.82. The Morgan fingerprint density at radius 2 is 1.85 bits per heavy atom. The summed E-state index contributed by atoms with van der Waals surface area (Å²) < 4.78 is 43.3. The number of piperazine rings is 1. The van der Waals surface area contributed by atoms with E-state index in [2.05, 4.69) is 24.9 Å². The van der Waals surface area contributed by atoms with Crippen LogP contribution in [0.5, 0.6) is 5.75 Å². The van der Waals surface area contributed by atoms with Gasteiger partial charge in [-0.15, -0.1) is 13.2 Å². The number of nitrogens with zero attached hydrogens (tertiary/aromatic N) is 3. The number of pyridine rings is 1. The van der Waals surface area contributed by atoms with E-state index in [1.54, 1.807) is 42.7 Å². The van der Waals surface area contributed by atoms with Gasteiger partial charge < -0.3 is 25.7 Å². The molecule has 5 rings (SSSR count). The maximum atomic E-state index is 13.4. The predicted octanol–water partition coefficient (Wildman–Crippen LogP) is 4.35. The van der Waals surface area contributed by atoms with Gasteiger partial charge in [-0.1, -0.05) is 24.3 Å². The largest absolute Gasteiger partial charge is 0.573 e. The number of carbonyl (C=O) groups is 1. The van der Waals surface area contributed by atoms with E-state index in [1.807, 2.05) is 18.0 Å². The van der Waals surface area contributed by atoms with Gasteiger partial charge in [-0.2, -0.15) is 0 Å². The lowest BCUT2D eigenvalue weighted by molar-refractivity contribution is -0.274. The zero-order chi connectivity index (χ0) is 27.6. The van der Waals surface area contributed by atoms with Crippen molar-refractivity contribution in [1.29, 1.82) is 0 Å². The second-order valence-corrected chi connectivity index (χ2v) is 9.41. The second kappa shape index (κ2) is 11.0. The average molecular weight is 539 g/mol. The molecule has 3 heterocycles. The van der Waals surface area contributed by atoms with E-state index in [9.17, 15) is 18.0 Å². The summed E-state index contributed by atoms with van der Waals surface area (Å²) in [5, 5.41) is 3.76. The number of halogens is 3. The third-order valence-electron chi connectivity index (χ3n) is 6.89. The Kier molecular flexibility index (Phi) is 7.45. The molecule has 1 aliphatic heterocycles. The zero-order valence-corrected chi connectivity index (χ0v) is 21.4. The quantitative estimate of drug-likeness (QED) is 0.303. The first-order chi connectivity index (χ1) is 18.7. The Morgan fingerprint density at radius 1 is 1.08 bits per heavy atom. The van der Waals surface area contributed by atoms with Crippen molar-refractivity contribution in [2.75, 3.05) is 52.0 Å². The number of alkyl halides is 3. The van der Waals surface area contributed by atoms with Gasteiger partial charge in [0.25, 0.3) is 5.91 Å². The highest BCUT2D eigenvalue weighted by Crippen LogP contribution is 2.38. The van der Waals surface area contributed by atoms with Gasteiger partial charge in [-0.05, 0) is 36.9 Å². The molecule has 0 spiro atoms. The number of hydrogen-bond acceptors (Lipinski definition) is 6. The minimum Gasteiger partial charge on any atom is -0.405 e. The fourth-order valence-electron chi connectivity index (χ4n) is 4.82. The molecule has 2 aromatic heterocycles. The number of nitrogens with one attached hydrogen (secondary N) is 2. The summed E-state index contributed by atoms with van der Waals surface area (Å²) in [6, 6.07) is 13.1. The molecular weight excluding hydrogens is 509 g/mol. The lowest BCUT2D eigenvalue weighted by atomic mass is 9.99. The molecule has 0 saturated carbocycles. The molecule has 1 amide bonds. The minimum absolute atomic E-state index is 0.128. The van der Waals surface area contributed by atoms with Crippen molar-refractivity contribution in [2.24, 2.45) is 0 Å². The number of anilines is 1. The van der Waals surface area contributed by atoms with Gasteiger partial charge >= 0.3 is 6.36 Å². The maximum absolute atomic E-state index is 13.4. The van der Waals surface area contributed by atoms with Crippen LogP contribution in [0.2, 0.25) is 0 Å². The molecule has 4 N–H and O–H groups in total. The van der Waals surface area contributed by atoms with Crippen molar-refractivity contribution >= 4 is 22.6 Å². The highest BCUT2D eigenvalue weighted by atomic mass is 19.4. The third-order valence-corrected chi connectivity index (χ3v) is 6.89. The number of H-pyrrole nitrogens is 1. The number of aromatic nitrogens is 2. The van der Waals surface area contributed by atoms with Crippen LogP contribution in [-0.2, 0) is 0 Å². The van der Waals surface area contributed by atoms with Gasteiger partial charge in [0.15, 0.2) is 0 Å². The number of fused-ring (bicyclic) bond motifs is 1. The standard InChI is InChI=1S/C28H29F3N6O2/c1-33-8-9-36-10-12-37(13-11-36)27(38)22-14-18(6-7-24(22)32)19-15-21-23(17-35-26(21)34-16-19)20-4-2-3-5-25(20)39-28(29,30)31/h2-7,14-17,33H,8-13,32H2,1H3,(H,34,35). The van der Waals surface area contributed by atoms with Crippen LogP contribution in [0, 0.1) is 0 Å². The Hall–Kier alpha value is -4.09. The van der Waals surface area contributed by atoms with E-state index >= 15 is 0 Å². The minimum atomic E-state index is -4.82. The second-order valence-electron chi connectivity index (χ2n) is 9.41. The SMILES string of the molecule is CNCCN1CCN(C(=O)c2cc(-c3cnc4[nH]cc(-c5ccccc5OC(F)(F)F)c4c3)ccc2N)CC1. The Bertz CT molecular complexity index is 1480. The first-order valence-corrected chi connectivity index (χ1v) is 12.6. The van der Waals surface area contributed by atoms with E-state index in [0.717, 1.165) is 31.7 Å². The van der Waals surface area contributed by atoms with Gasteiger partial charge in [-0.3, -0.25) is 9.69 Å². The van der Waals surface area contributed by atoms with Gasteiger partial charge in [0.1, 0.15) is 11.4 Å². The van der Waals surface area contributed by atoms with Gasteiger partial charge in [0.05, 0.1) is 5.56 Å². The monoisotopic (exact) mass is 538 g/mol. The number of rotatable bonds is 7. The topological polar surface area (TPSA) is 99.5 Å². The molecule has 4 aromatic rings. The van der Waals surface area contributed by atoms with Gasteiger partial charge in [0.2, 0.25) is 0 Å². The molecule has 1 fully saturated rings. The molecule has 2 aromatic carbocycles. The number of hydrogen-bond donors (Lipinski definition) is 3. The zero-order valence-electron chi connectivity index (χ0n) is 21.4. The molecule has 11 heteroatoms. The van der Waals surface area contributed by atoms with Gasteiger partial charge in [-0.25, -0.2) is 4.98 Å². The molecular formula is C28H29F3N6O2. The number of aromatic amines is 1. The van der Waals surface area contributed by atoms with Crippen molar-refractivity contribution in [3.63, 3.8) is 0 Å². The lowest BCUT2D eigenvalue weighted by Gasteiger charge is -2.35. The number of benzene rings is 2. The molecule has 0 bridgehead atoms.